The van der Waals surface area contributed by atoms with E-state index in [0.717, 1.165) is 125 Å². The first kappa shape index (κ1) is 77.7. The Morgan fingerprint density at radius 1 is 0.413 bits per heavy atom. The minimum absolute atomic E-state index is 0.0576. The van der Waals surface area contributed by atoms with E-state index in [1.165, 1.54) is 6.92 Å². The Labute approximate surface area is 703 Å². The molecule has 17 heteroatoms. The summed E-state index contributed by atoms with van der Waals surface area (Å²) in [5.41, 5.74) is 11.3. The third-order valence-electron chi connectivity index (χ3n) is 25.6. The Kier molecular flexibility index (Phi) is 18.9. The molecule has 3 aromatic heterocycles. The summed E-state index contributed by atoms with van der Waals surface area (Å²) in [7, 11) is 3.24. The van der Waals surface area contributed by atoms with Gasteiger partial charge in [-0.3, -0.25) is 14.2 Å². The van der Waals surface area contributed by atoms with E-state index in [4.69, 9.17) is 53.3 Å². The molecule has 0 fully saturated rings. The highest BCUT2D eigenvalue weighted by Crippen LogP contribution is 2.73. The number of rotatable bonds is 13. The number of carbonyl (C=O) groups excluding carboxylic acids is 1. The fourth-order valence-electron chi connectivity index (χ4n) is 20.9. The Balaban J connectivity index is 0.000000120. The lowest BCUT2D eigenvalue weighted by atomic mass is 9.69. The molecule has 21 rings (SSSR count). The largest absolute Gasteiger partial charge is 0.497 e. The van der Waals surface area contributed by atoms with E-state index >= 15 is 0 Å². The van der Waals surface area contributed by atoms with E-state index < -0.39 is 51.4 Å². The zero-order valence-corrected chi connectivity index (χ0v) is 69.4. The summed E-state index contributed by atoms with van der Waals surface area (Å²) >= 11 is 0. The summed E-state index contributed by atoms with van der Waals surface area (Å²) < 4.78 is 40.8. The lowest BCUT2D eigenvalue weighted by Crippen LogP contribution is -2.49. The fraction of sp³-hybridized carbons (Fsp3) is 0.240. The number of carbonyl (C=O) groups is 1. The van der Waals surface area contributed by atoms with Crippen LogP contribution in [0.1, 0.15) is 172 Å². The normalized spacial score (nSPS) is 22.7. The molecule has 121 heavy (non-hydrogen) atoms. The summed E-state index contributed by atoms with van der Waals surface area (Å²) in [6, 6.07) is 85.7. The molecular weight excluding hydrogens is 1510 g/mol. The van der Waals surface area contributed by atoms with Crippen molar-refractivity contribution < 1.29 is 48.5 Å². The highest BCUT2D eigenvalue weighted by Gasteiger charge is 2.77. The lowest BCUT2D eigenvalue weighted by Gasteiger charge is -2.40. The van der Waals surface area contributed by atoms with E-state index in [9.17, 15) is 24.9 Å². The number of ether oxygens (including phenoxy) is 6. The van der Waals surface area contributed by atoms with Gasteiger partial charge in [-0.25, -0.2) is 15.0 Å². The Morgan fingerprint density at radius 2 is 0.769 bits per heavy atom. The second-order valence-corrected chi connectivity index (χ2v) is 33.4. The van der Waals surface area contributed by atoms with Crippen molar-refractivity contribution in [2.45, 2.75) is 139 Å². The molecule has 0 amide bonds. The average molecular weight is 1600 g/mol. The van der Waals surface area contributed by atoms with Gasteiger partial charge in [0.2, 0.25) is 11.8 Å². The summed E-state index contributed by atoms with van der Waals surface area (Å²) in [4.78, 5) is 51.7. The van der Waals surface area contributed by atoms with Crippen LogP contribution in [-0.2, 0) is 51.4 Å². The van der Waals surface area contributed by atoms with E-state index in [-0.39, 0.29) is 23.8 Å². The van der Waals surface area contributed by atoms with Crippen molar-refractivity contribution in [3.05, 3.63) is 405 Å². The highest BCUT2D eigenvalue weighted by molar-refractivity contribution is 5.78. The second kappa shape index (κ2) is 29.4. The van der Waals surface area contributed by atoms with E-state index in [2.05, 4.69) is 62.4 Å². The van der Waals surface area contributed by atoms with Gasteiger partial charge in [-0.05, 0) is 156 Å². The molecule has 0 unspecified atom stereocenters. The summed E-state index contributed by atoms with van der Waals surface area (Å²) in [6.45, 7) is 18.2. The molecule has 7 aliphatic rings. The van der Waals surface area contributed by atoms with Crippen molar-refractivity contribution in [1.82, 2.24) is 29.5 Å². The van der Waals surface area contributed by atoms with Gasteiger partial charge in [0.1, 0.15) is 35.4 Å². The standard InChI is InChI=1S/C37H32N2O5.C35H30N2O3.C32H30N2O3/c1-22-19-23(2)31-29(20-22)44-37(27-15-17-28(42-4)18-16-27)32(25-11-7-5-8-12-25)30-33(36(31,37)41)38-34(26-13-9-6-10-14-26)39-35(30)43-21-24(3)40;1-21-15-17-26(18-16-21)35-30(24-11-7-5-8-12-24)28-31(34(35,38)29-23(3)19-22(2)20-27(29)40-35)36-32(37-33(28)39-4)25-13-9-6-10-14-25;1-19-12-14-23(15-13-19)32-28(22-9-5-4-6-10-22)26-29(33-25-11-7-8-16-34(25)30(26)35)31(32,36)27-21(3)17-20(2)18-24(27)37-32/h5-20,32,41H,21H2,1-4H3;5-20,30,38H,1-4H3;4-6,9-10,12-15,17-18,28,36H,7-8,11,16H2,1-3H3/t32-,36+,37+;30-,34+,35+;28-,31+,32+/m111/s1. The number of aromatic nitrogens is 6. The highest BCUT2D eigenvalue weighted by atomic mass is 16.5. The van der Waals surface area contributed by atoms with E-state index in [1.54, 1.807) is 14.2 Å². The molecule has 0 saturated heterocycles. The Morgan fingerprint density at radius 3 is 1.15 bits per heavy atom. The molecule has 11 aromatic carbocycles. The van der Waals surface area contributed by atoms with E-state index in [1.807, 2.05) is 258 Å². The number of aryl methyl sites for hydroxylation is 9. The predicted octanol–water partition coefficient (Wildman–Crippen LogP) is 18.3. The number of hydrogen-bond acceptors (Lipinski definition) is 16. The van der Waals surface area contributed by atoms with Gasteiger partial charge in [-0.2, -0.15) is 9.97 Å². The zero-order chi connectivity index (χ0) is 83.8. The molecular formula is C104H92N6O11. The van der Waals surface area contributed by atoms with Crippen molar-refractivity contribution >= 4 is 5.78 Å². The maximum absolute atomic E-state index is 14.3. The van der Waals surface area contributed by atoms with Crippen LogP contribution in [0.15, 0.2) is 266 Å². The van der Waals surface area contributed by atoms with Gasteiger partial charge in [0.05, 0.1) is 65.7 Å². The van der Waals surface area contributed by atoms with Crippen LogP contribution in [-0.4, -0.2) is 71.4 Å². The molecule has 4 aliphatic heterocycles. The molecule has 9 atom stereocenters. The molecule has 17 nitrogen and oxygen atoms in total. The van der Waals surface area contributed by atoms with Crippen LogP contribution in [0.5, 0.6) is 34.8 Å². The number of fused-ring (bicyclic) bond motifs is 16. The monoisotopic (exact) mass is 1600 g/mol. The quantitative estimate of drug-likeness (QED) is 0.0977. The third-order valence-corrected chi connectivity index (χ3v) is 25.6. The summed E-state index contributed by atoms with van der Waals surface area (Å²) in [5, 5.41) is 40.2. The summed E-state index contributed by atoms with van der Waals surface area (Å²) in [6.07, 6.45) is 2.67. The molecule has 604 valence electrons. The predicted molar refractivity (Wildman–Crippen MR) is 463 cm³/mol. The van der Waals surface area contributed by atoms with Crippen molar-refractivity contribution in [3.63, 3.8) is 0 Å². The third kappa shape index (κ3) is 11.5. The number of ketones is 1. The van der Waals surface area contributed by atoms with Gasteiger partial charge < -0.3 is 43.7 Å². The van der Waals surface area contributed by atoms with Crippen LogP contribution in [0.3, 0.4) is 0 Å². The molecule has 0 saturated carbocycles. The molecule has 14 aromatic rings. The van der Waals surface area contributed by atoms with Crippen molar-refractivity contribution in [3.8, 4) is 57.5 Å². The van der Waals surface area contributed by atoms with Gasteiger partial charge in [-0.1, -0.05) is 242 Å². The molecule has 0 bridgehead atoms. The number of methoxy groups -OCH3 is 2. The molecule has 7 heterocycles. The van der Waals surface area contributed by atoms with Gasteiger partial charge in [-0.15, -0.1) is 0 Å². The number of aliphatic hydroxyl groups is 3. The number of nitrogens with zero attached hydrogens (tertiary/aromatic N) is 6. The van der Waals surface area contributed by atoms with Crippen LogP contribution in [0.25, 0.3) is 22.8 Å². The lowest BCUT2D eigenvalue weighted by molar-refractivity contribution is -0.119. The van der Waals surface area contributed by atoms with Crippen LogP contribution in [0, 0.1) is 55.4 Å². The maximum Gasteiger partial charge on any atom is 0.257 e. The zero-order valence-electron chi connectivity index (χ0n) is 69.4. The minimum atomic E-state index is -1.76. The van der Waals surface area contributed by atoms with Crippen molar-refractivity contribution in [2.75, 3.05) is 20.8 Å². The smallest absolute Gasteiger partial charge is 0.257 e. The fourth-order valence-corrected chi connectivity index (χ4v) is 20.9. The summed E-state index contributed by atoms with van der Waals surface area (Å²) in [5.74, 6) is 3.16. The second-order valence-electron chi connectivity index (χ2n) is 33.4. The minimum Gasteiger partial charge on any atom is -0.497 e. The van der Waals surface area contributed by atoms with Crippen molar-refractivity contribution in [2.24, 2.45) is 0 Å². The topological polar surface area (TPSA) is 220 Å². The number of Topliss-reactive ketones (excluding diaryl/α,β-unsaturated/α-hetero) is 1. The van der Waals surface area contributed by atoms with Gasteiger partial charge in [0.25, 0.3) is 5.56 Å². The maximum atomic E-state index is 14.3. The SMILES string of the molecule is COc1ccc([C@@]23Oc4cc(C)cc(C)c4[C@]2(O)c2nc(-c4ccccc4)nc(OCC(C)=O)c2[C@H]3c2ccccc2)cc1.COc1nc(-c2ccccc2)nc2c1[C@@H](c1ccccc1)[C@]1(c3ccc(C)cc3)Oc3cc(C)cc(C)c3[C@]21O.Cc1ccc([C@@]23Oc4cc(C)cc(C)c4[C@]2(O)c2nc4n(c(=O)c2[C@H]3c2ccccc2)CCCC4)cc1. The molecule has 3 N–H and O–H groups in total. The van der Waals surface area contributed by atoms with Gasteiger partial charge in [0, 0.05) is 57.5 Å². The first-order valence-electron chi connectivity index (χ1n) is 41.3. The van der Waals surface area contributed by atoms with Crippen LogP contribution in [0.4, 0.5) is 0 Å². The van der Waals surface area contributed by atoms with Crippen LogP contribution < -0.4 is 34.0 Å². The van der Waals surface area contributed by atoms with Gasteiger partial charge >= 0.3 is 0 Å². The molecule has 0 spiro atoms. The van der Waals surface area contributed by atoms with Crippen molar-refractivity contribution in [1.29, 1.82) is 0 Å². The Bertz CT molecular complexity index is 6520. The van der Waals surface area contributed by atoms with Gasteiger partial charge in [0.15, 0.2) is 51.0 Å². The molecule has 3 aliphatic carbocycles. The van der Waals surface area contributed by atoms with Crippen LogP contribution in [0.2, 0.25) is 0 Å². The first-order valence-corrected chi connectivity index (χ1v) is 41.3. The molecule has 0 radical (unpaired) electrons. The Hall–Kier alpha value is -13.2. The number of benzene rings is 11. The van der Waals surface area contributed by atoms with E-state index in [0.29, 0.717) is 86.4 Å². The van der Waals surface area contributed by atoms with Crippen LogP contribution >= 0.6 is 0 Å². The first-order chi connectivity index (χ1) is 58.5. The number of hydrogen-bond donors (Lipinski definition) is 3. The average Bonchev–Trinajstić information content (AvgIpc) is 1.50.